The van der Waals surface area contributed by atoms with E-state index in [9.17, 15) is 0 Å². The van der Waals surface area contributed by atoms with Crippen molar-refractivity contribution in [2.75, 3.05) is 32.8 Å². The quantitative estimate of drug-likeness (QED) is 0.795. The fraction of sp³-hybridized carbons (Fsp3) is 1.00. The lowest BCUT2D eigenvalue weighted by Crippen LogP contribution is -2.43. The van der Waals surface area contributed by atoms with Gasteiger partial charge >= 0.3 is 0 Å². The van der Waals surface area contributed by atoms with E-state index < -0.39 is 0 Å². The highest BCUT2D eigenvalue weighted by atomic mass is 16.5. The Morgan fingerprint density at radius 2 is 2.06 bits per heavy atom. The van der Waals surface area contributed by atoms with Crippen molar-refractivity contribution in [3.05, 3.63) is 0 Å². The molecule has 1 atom stereocenters. The first-order valence-corrected chi connectivity index (χ1v) is 7.46. The van der Waals surface area contributed by atoms with E-state index in [1.165, 1.54) is 51.6 Å². The van der Waals surface area contributed by atoms with E-state index in [1.807, 2.05) is 0 Å². The smallest absolute Gasteiger partial charge is 0.0712 e. The maximum Gasteiger partial charge on any atom is 0.0712 e. The summed E-state index contributed by atoms with van der Waals surface area (Å²) in [5.74, 6) is 0. The molecule has 0 aromatic heterocycles. The molecule has 3 heteroatoms. The van der Waals surface area contributed by atoms with Crippen molar-refractivity contribution in [3.8, 4) is 0 Å². The molecule has 0 bridgehead atoms. The number of hydrogen-bond donors (Lipinski definition) is 1. The average Bonchev–Trinajstić information content (AvgIpc) is 2.42. The van der Waals surface area contributed by atoms with E-state index >= 15 is 0 Å². The largest absolute Gasteiger partial charge is 0.376 e. The standard InChI is InChI=1S/C14H28N2O/c1-2-16(13-6-4-3-5-7-13)10-8-14-12-15-9-11-17-14/h13-15H,2-12H2,1H3. The van der Waals surface area contributed by atoms with E-state index in [1.54, 1.807) is 0 Å². The van der Waals surface area contributed by atoms with Gasteiger partial charge in [0.05, 0.1) is 12.7 Å². The first kappa shape index (κ1) is 13.3. The first-order valence-electron chi connectivity index (χ1n) is 7.46. The zero-order valence-corrected chi connectivity index (χ0v) is 11.3. The maximum absolute atomic E-state index is 5.77. The van der Waals surface area contributed by atoms with Gasteiger partial charge in [-0.15, -0.1) is 0 Å². The number of nitrogens with zero attached hydrogens (tertiary/aromatic N) is 1. The van der Waals surface area contributed by atoms with Crippen LogP contribution in [0.2, 0.25) is 0 Å². The van der Waals surface area contributed by atoms with Crippen LogP contribution in [0.5, 0.6) is 0 Å². The highest BCUT2D eigenvalue weighted by Gasteiger charge is 2.21. The van der Waals surface area contributed by atoms with Crippen molar-refractivity contribution in [3.63, 3.8) is 0 Å². The molecule has 1 saturated carbocycles. The molecule has 2 aliphatic rings. The maximum atomic E-state index is 5.77. The van der Waals surface area contributed by atoms with Gasteiger partial charge < -0.3 is 15.0 Å². The lowest BCUT2D eigenvalue weighted by atomic mass is 9.94. The van der Waals surface area contributed by atoms with Crippen molar-refractivity contribution in [1.29, 1.82) is 0 Å². The van der Waals surface area contributed by atoms with Gasteiger partial charge in [-0.1, -0.05) is 26.2 Å². The van der Waals surface area contributed by atoms with Crippen LogP contribution >= 0.6 is 0 Å². The third kappa shape index (κ3) is 4.23. The molecule has 1 unspecified atom stereocenters. The van der Waals surface area contributed by atoms with Crippen LogP contribution in [-0.4, -0.2) is 49.8 Å². The molecule has 0 aromatic carbocycles. The Kier molecular flexibility index (Phi) is 5.75. The van der Waals surface area contributed by atoms with Crippen LogP contribution in [-0.2, 0) is 4.74 Å². The van der Waals surface area contributed by atoms with E-state index in [4.69, 9.17) is 4.74 Å². The van der Waals surface area contributed by atoms with E-state index in [-0.39, 0.29) is 0 Å². The Labute approximate surface area is 106 Å². The van der Waals surface area contributed by atoms with Crippen LogP contribution in [0.1, 0.15) is 45.4 Å². The van der Waals surface area contributed by atoms with Crippen LogP contribution in [0.4, 0.5) is 0 Å². The van der Waals surface area contributed by atoms with Gasteiger partial charge in [0.25, 0.3) is 0 Å². The van der Waals surface area contributed by atoms with Crippen LogP contribution < -0.4 is 5.32 Å². The SMILES string of the molecule is CCN(CCC1CNCCO1)C1CCCCC1. The normalized spacial score (nSPS) is 27.5. The Hall–Kier alpha value is -0.120. The van der Waals surface area contributed by atoms with Crippen LogP contribution in [0.25, 0.3) is 0 Å². The molecule has 3 nitrogen and oxygen atoms in total. The lowest BCUT2D eigenvalue weighted by molar-refractivity contribution is 0.0134. The van der Waals surface area contributed by atoms with Gasteiger partial charge in [-0.05, 0) is 25.8 Å². The van der Waals surface area contributed by atoms with Crippen LogP contribution in [0.3, 0.4) is 0 Å². The van der Waals surface area contributed by atoms with Crippen molar-refractivity contribution < 1.29 is 4.74 Å². The monoisotopic (exact) mass is 240 g/mol. The van der Waals surface area contributed by atoms with E-state index in [0.29, 0.717) is 6.10 Å². The number of rotatable bonds is 5. The van der Waals surface area contributed by atoms with Gasteiger partial charge in [-0.25, -0.2) is 0 Å². The second-order valence-corrected chi connectivity index (χ2v) is 5.41. The fourth-order valence-corrected chi connectivity index (χ4v) is 3.16. The molecule has 1 N–H and O–H groups in total. The Bertz CT molecular complexity index is 198. The molecular weight excluding hydrogens is 212 g/mol. The molecule has 2 rings (SSSR count). The topological polar surface area (TPSA) is 24.5 Å². The van der Waals surface area contributed by atoms with Crippen molar-refractivity contribution in [2.24, 2.45) is 0 Å². The summed E-state index contributed by atoms with van der Waals surface area (Å²) in [6.45, 7) is 7.67. The highest BCUT2D eigenvalue weighted by molar-refractivity contribution is 4.77. The second-order valence-electron chi connectivity index (χ2n) is 5.41. The van der Waals surface area contributed by atoms with Gasteiger partial charge in [-0.2, -0.15) is 0 Å². The van der Waals surface area contributed by atoms with Crippen LogP contribution in [0.15, 0.2) is 0 Å². The summed E-state index contributed by atoms with van der Waals surface area (Å²) < 4.78 is 5.77. The summed E-state index contributed by atoms with van der Waals surface area (Å²) >= 11 is 0. The average molecular weight is 240 g/mol. The molecule has 1 aliphatic carbocycles. The first-order chi connectivity index (χ1) is 8.40. The summed E-state index contributed by atoms with van der Waals surface area (Å²) in [7, 11) is 0. The predicted molar refractivity (Wildman–Crippen MR) is 71.3 cm³/mol. The number of ether oxygens (including phenoxy) is 1. The summed E-state index contributed by atoms with van der Waals surface area (Å²) in [5, 5.41) is 3.41. The number of nitrogens with one attached hydrogen (secondary N) is 1. The highest BCUT2D eigenvalue weighted by Crippen LogP contribution is 2.22. The Morgan fingerprint density at radius 3 is 2.71 bits per heavy atom. The predicted octanol–water partition coefficient (Wildman–Crippen LogP) is 2.02. The van der Waals surface area contributed by atoms with Gasteiger partial charge in [0.15, 0.2) is 0 Å². The Morgan fingerprint density at radius 1 is 1.24 bits per heavy atom. The van der Waals surface area contributed by atoms with Crippen LogP contribution in [0, 0.1) is 0 Å². The van der Waals surface area contributed by atoms with Gasteiger partial charge in [-0.3, -0.25) is 0 Å². The zero-order chi connectivity index (χ0) is 11.9. The van der Waals surface area contributed by atoms with E-state index in [0.717, 1.165) is 25.7 Å². The summed E-state index contributed by atoms with van der Waals surface area (Å²) in [4.78, 5) is 2.68. The molecule has 1 aliphatic heterocycles. The fourth-order valence-electron chi connectivity index (χ4n) is 3.16. The molecular formula is C14H28N2O. The molecule has 17 heavy (non-hydrogen) atoms. The summed E-state index contributed by atoms with van der Waals surface area (Å²) in [6.07, 6.45) is 8.78. The summed E-state index contributed by atoms with van der Waals surface area (Å²) in [6, 6.07) is 0.852. The third-order valence-corrected chi connectivity index (χ3v) is 4.24. The molecule has 2 fully saturated rings. The van der Waals surface area contributed by atoms with Crippen molar-refractivity contribution >= 4 is 0 Å². The lowest BCUT2D eigenvalue weighted by Gasteiger charge is -2.35. The van der Waals surface area contributed by atoms with Gasteiger partial charge in [0.2, 0.25) is 0 Å². The minimum Gasteiger partial charge on any atom is -0.376 e. The molecule has 0 aromatic rings. The van der Waals surface area contributed by atoms with Gasteiger partial charge in [0.1, 0.15) is 0 Å². The van der Waals surface area contributed by atoms with E-state index in [2.05, 4.69) is 17.1 Å². The molecule has 100 valence electrons. The molecule has 0 spiro atoms. The minimum atomic E-state index is 0.446. The minimum absolute atomic E-state index is 0.446. The zero-order valence-electron chi connectivity index (χ0n) is 11.3. The molecule has 0 radical (unpaired) electrons. The second kappa shape index (κ2) is 7.34. The molecule has 1 saturated heterocycles. The summed E-state index contributed by atoms with van der Waals surface area (Å²) in [5.41, 5.74) is 0. The molecule has 0 amide bonds. The molecule has 1 heterocycles. The number of hydrogen-bond acceptors (Lipinski definition) is 3. The number of morpholine rings is 1. The van der Waals surface area contributed by atoms with Crippen molar-refractivity contribution in [1.82, 2.24) is 10.2 Å². The Balaban J connectivity index is 1.70. The third-order valence-electron chi connectivity index (χ3n) is 4.24. The van der Waals surface area contributed by atoms with Crippen molar-refractivity contribution in [2.45, 2.75) is 57.6 Å². The van der Waals surface area contributed by atoms with Gasteiger partial charge in [0, 0.05) is 25.7 Å².